The first-order chi connectivity index (χ1) is 16.5. The van der Waals surface area contributed by atoms with E-state index in [1.165, 1.54) is 6.34 Å². The number of amides is 1. The monoisotopic (exact) mass is 466 g/mol. The smallest absolute Gasteiger partial charge is 0.267 e. The Labute approximate surface area is 199 Å². The number of hydrogen-bond donors (Lipinski definition) is 1. The summed E-state index contributed by atoms with van der Waals surface area (Å²) in [5, 5.41) is 6.84. The molecule has 0 radical (unpaired) electrons. The highest BCUT2D eigenvalue weighted by molar-refractivity contribution is 6.01. The fourth-order valence-corrected chi connectivity index (χ4v) is 4.19. The molecule has 9 nitrogen and oxygen atoms in total. The van der Waals surface area contributed by atoms with Gasteiger partial charge in [-0.2, -0.15) is 0 Å². The van der Waals surface area contributed by atoms with Gasteiger partial charge < -0.3 is 19.6 Å². The number of ketones is 1. The van der Waals surface area contributed by atoms with Gasteiger partial charge in [0.15, 0.2) is 11.5 Å². The molecule has 180 valence electrons. The van der Waals surface area contributed by atoms with E-state index in [0.29, 0.717) is 35.8 Å². The minimum Gasteiger partial charge on any atom is -0.493 e. The maximum absolute atomic E-state index is 13.8. The molecule has 1 saturated heterocycles. The molecular formula is C25H30N4O5. The average molecular weight is 467 g/mol. The van der Waals surface area contributed by atoms with Crippen molar-refractivity contribution in [2.75, 3.05) is 32.2 Å². The van der Waals surface area contributed by atoms with Crippen LogP contribution in [0.3, 0.4) is 0 Å². The summed E-state index contributed by atoms with van der Waals surface area (Å²) >= 11 is 0. The molecule has 9 heteroatoms. The van der Waals surface area contributed by atoms with Crippen LogP contribution in [-0.2, 0) is 9.63 Å². The molecule has 1 fully saturated rings. The molecule has 1 N–H and O–H groups in total. The Bertz CT molecular complexity index is 1050. The first-order valence-corrected chi connectivity index (χ1v) is 11.4. The summed E-state index contributed by atoms with van der Waals surface area (Å²) in [5.41, 5.74) is 2.21. The van der Waals surface area contributed by atoms with Gasteiger partial charge in [-0.3, -0.25) is 19.4 Å². The quantitative estimate of drug-likeness (QED) is 0.639. The van der Waals surface area contributed by atoms with E-state index in [4.69, 9.17) is 14.3 Å². The highest BCUT2D eigenvalue weighted by Gasteiger charge is 2.40. The molecule has 2 aliphatic heterocycles. The van der Waals surface area contributed by atoms with Crippen LogP contribution in [0.1, 0.15) is 35.2 Å². The summed E-state index contributed by atoms with van der Waals surface area (Å²) < 4.78 is 10.7. The Kier molecular flexibility index (Phi) is 7.32. The fraction of sp³-hybridized carbons (Fsp3) is 0.400. The predicted octanol–water partition coefficient (Wildman–Crippen LogP) is 2.93. The van der Waals surface area contributed by atoms with Gasteiger partial charge in [-0.25, -0.2) is 0 Å². The van der Waals surface area contributed by atoms with E-state index in [2.05, 4.69) is 10.5 Å². The van der Waals surface area contributed by atoms with E-state index < -0.39 is 12.4 Å². The number of oxime groups is 1. The van der Waals surface area contributed by atoms with Gasteiger partial charge in [0.05, 0.1) is 19.9 Å². The molecule has 0 spiro atoms. The van der Waals surface area contributed by atoms with Crippen molar-refractivity contribution in [1.29, 1.82) is 0 Å². The van der Waals surface area contributed by atoms with Crippen LogP contribution in [0, 0.1) is 6.92 Å². The molecule has 0 aliphatic carbocycles. The second kappa shape index (κ2) is 10.6. The average Bonchev–Trinajstić information content (AvgIpc) is 3.37. The number of hydrogen-bond acceptors (Lipinski definition) is 8. The molecule has 2 unspecified atom stereocenters. The topological polar surface area (TPSA) is 92.7 Å². The molecular weight excluding hydrogens is 436 g/mol. The minimum absolute atomic E-state index is 0.297. The number of Topliss-reactive ketones (excluding diaryl/α,β-unsaturated/α-hetero) is 1. The molecule has 0 aromatic heterocycles. The van der Waals surface area contributed by atoms with Crippen LogP contribution in [0.2, 0.25) is 0 Å². The summed E-state index contributed by atoms with van der Waals surface area (Å²) in [5.74, 6) is 0.490. The number of likely N-dealkylation sites (tertiary alicyclic amines) is 1. The Morgan fingerprint density at radius 2 is 1.74 bits per heavy atom. The molecule has 2 atom stereocenters. The number of aryl methyl sites for hydroxylation is 1. The van der Waals surface area contributed by atoms with Crippen molar-refractivity contribution in [1.82, 2.24) is 10.2 Å². The lowest BCUT2D eigenvalue weighted by Gasteiger charge is -2.35. The predicted molar refractivity (Wildman–Crippen MR) is 128 cm³/mol. The van der Waals surface area contributed by atoms with Crippen LogP contribution in [0.4, 0.5) is 5.69 Å². The van der Waals surface area contributed by atoms with E-state index in [-0.39, 0.29) is 11.7 Å². The molecule has 4 rings (SSSR count). The van der Waals surface area contributed by atoms with Crippen molar-refractivity contribution in [3.05, 3.63) is 53.6 Å². The lowest BCUT2D eigenvalue weighted by molar-refractivity contribution is -0.135. The van der Waals surface area contributed by atoms with Crippen molar-refractivity contribution in [3.63, 3.8) is 0 Å². The largest absolute Gasteiger partial charge is 0.493 e. The number of nitrogens with zero attached hydrogens (tertiary/aromatic N) is 3. The first kappa shape index (κ1) is 23.6. The maximum Gasteiger partial charge on any atom is 0.267 e. The lowest BCUT2D eigenvalue weighted by atomic mass is 10.1. The molecule has 1 amide bonds. The van der Waals surface area contributed by atoms with E-state index >= 15 is 0 Å². The number of rotatable bonds is 8. The maximum atomic E-state index is 13.8. The van der Waals surface area contributed by atoms with Gasteiger partial charge in [-0.1, -0.05) is 29.3 Å². The Morgan fingerprint density at radius 3 is 2.41 bits per heavy atom. The van der Waals surface area contributed by atoms with Gasteiger partial charge in [0.25, 0.3) is 12.1 Å². The molecule has 0 bridgehead atoms. The van der Waals surface area contributed by atoms with Crippen LogP contribution < -0.4 is 19.7 Å². The van der Waals surface area contributed by atoms with Crippen LogP contribution in [0.15, 0.2) is 47.6 Å². The van der Waals surface area contributed by atoms with Crippen LogP contribution in [0.25, 0.3) is 0 Å². The van der Waals surface area contributed by atoms with Gasteiger partial charge in [0.2, 0.25) is 5.78 Å². The molecule has 2 heterocycles. The zero-order valence-electron chi connectivity index (χ0n) is 19.7. The van der Waals surface area contributed by atoms with Crippen LogP contribution in [-0.4, -0.2) is 62.6 Å². The third-order valence-electron chi connectivity index (χ3n) is 6.10. The fourth-order valence-electron chi connectivity index (χ4n) is 4.19. The van der Waals surface area contributed by atoms with Crippen LogP contribution >= 0.6 is 0 Å². The SMILES string of the molecule is COc1ccc(N2C=NOC2C(=O)C(NC(=O)c2ccc(C)cc2)N2CCCCC2)cc1OC. The zero-order valence-corrected chi connectivity index (χ0v) is 19.7. The number of carbonyl (C=O) groups excluding carboxylic acids is 2. The number of methoxy groups -OCH3 is 2. The molecule has 34 heavy (non-hydrogen) atoms. The van der Waals surface area contributed by atoms with Gasteiger partial charge in [-0.05, 0) is 44.0 Å². The van der Waals surface area contributed by atoms with Gasteiger partial charge >= 0.3 is 0 Å². The van der Waals surface area contributed by atoms with E-state index in [9.17, 15) is 9.59 Å². The number of nitrogens with one attached hydrogen (secondary N) is 1. The van der Waals surface area contributed by atoms with Crippen LogP contribution in [0.5, 0.6) is 11.5 Å². The van der Waals surface area contributed by atoms with Gasteiger partial charge in [-0.15, -0.1) is 0 Å². The second-order valence-corrected chi connectivity index (χ2v) is 8.37. The number of ether oxygens (including phenoxy) is 2. The van der Waals surface area contributed by atoms with Gasteiger partial charge in [0, 0.05) is 24.7 Å². The van der Waals surface area contributed by atoms with Crippen molar-refractivity contribution in [2.24, 2.45) is 5.16 Å². The Hall–Kier alpha value is -3.59. The number of carbonyl (C=O) groups is 2. The number of benzene rings is 2. The summed E-state index contributed by atoms with van der Waals surface area (Å²) in [6.07, 6.45) is 2.62. The Balaban J connectivity index is 1.58. The summed E-state index contributed by atoms with van der Waals surface area (Å²) in [4.78, 5) is 35.9. The third kappa shape index (κ3) is 4.99. The van der Waals surface area contributed by atoms with E-state index in [0.717, 1.165) is 24.8 Å². The third-order valence-corrected chi connectivity index (χ3v) is 6.10. The van der Waals surface area contributed by atoms with Gasteiger partial charge in [0.1, 0.15) is 12.5 Å². The number of anilines is 1. The molecule has 2 aliphatic rings. The molecule has 2 aromatic carbocycles. The van der Waals surface area contributed by atoms with E-state index in [1.807, 2.05) is 24.0 Å². The van der Waals surface area contributed by atoms with Crippen molar-refractivity contribution < 1.29 is 23.9 Å². The normalized spacial score (nSPS) is 18.8. The molecule has 0 saturated carbocycles. The summed E-state index contributed by atoms with van der Waals surface area (Å²) in [6.45, 7) is 3.39. The highest BCUT2D eigenvalue weighted by atomic mass is 16.7. The first-order valence-electron chi connectivity index (χ1n) is 11.4. The Morgan fingerprint density at radius 1 is 1.03 bits per heavy atom. The van der Waals surface area contributed by atoms with Crippen molar-refractivity contribution >= 4 is 23.7 Å². The summed E-state index contributed by atoms with van der Waals surface area (Å²) in [7, 11) is 3.11. The number of piperidine rings is 1. The lowest BCUT2D eigenvalue weighted by Crippen LogP contribution is -2.59. The highest BCUT2D eigenvalue weighted by Crippen LogP contribution is 2.33. The van der Waals surface area contributed by atoms with Crippen molar-refractivity contribution in [3.8, 4) is 11.5 Å². The zero-order chi connectivity index (χ0) is 24.1. The molecule has 2 aromatic rings. The summed E-state index contributed by atoms with van der Waals surface area (Å²) in [6, 6.07) is 12.6. The van der Waals surface area contributed by atoms with E-state index in [1.54, 1.807) is 49.5 Å². The van der Waals surface area contributed by atoms with Crippen molar-refractivity contribution in [2.45, 2.75) is 38.6 Å². The second-order valence-electron chi connectivity index (χ2n) is 8.37. The standard InChI is InChI=1S/C25H30N4O5/c1-17-7-9-18(10-8-17)24(31)27-23(28-13-5-4-6-14-28)22(30)25-29(16-26-34-25)19-11-12-20(32-2)21(15-19)33-3/h7-12,15-16,23,25H,4-6,13-14H2,1-3H3,(H,27,31). The minimum atomic E-state index is -1.02.